The van der Waals surface area contributed by atoms with Gasteiger partial charge in [0.15, 0.2) is 0 Å². The van der Waals surface area contributed by atoms with Crippen LogP contribution in [-0.2, 0) is 12.0 Å². The lowest BCUT2D eigenvalue weighted by atomic mass is 9.87. The normalized spacial score (nSPS) is 12.0. The standard InChI is InChI=1S/C22H24N2O3/c1-22(2,3)18-8-10-19(11-9-18)27-15-14-23-16-17(12-13-24(25)26)20-6-4-5-7-21(20)23/h4-13,16H,14-15H2,1-3H3/b13-12+. The van der Waals surface area contributed by atoms with Gasteiger partial charge in [-0.3, -0.25) is 10.1 Å². The zero-order valence-electron chi connectivity index (χ0n) is 15.9. The summed E-state index contributed by atoms with van der Waals surface area (Å²) < 4.78 is 7.95. The Morgan fingerprint density at radius 1 is 1.11 bits per heavy atom. The third-order valence-electron chi connectivity index (χ3n) is 4.52. The van der Waals surface area contributed by atoms with Gasteiger partial charge in [-0.15, -0.1) is 0 Å². The Kier molecular flexibility index (Phi) is 5.31. The molecular weight excluding hydrogens is 340 g/mol. The number of nitro groups is 1. The van der Waals surface area contributed by atoms with E-state index in [-0.39, 0.29) is 5.41 Å². The van der Waals surface area contributed by atoms with E-state index in [4.69, 9.17) is 4.74 Å². The summed E-state index contributed by atoms with van der Waals surface area (Å²) in [4.78, 5) is 10.2. The Bertz CT molecular complexity index is 963. The molecule has 5 heteroatoms. The van der Waals surface area contributed by atoms with Gasteiger partial charge in [-0.25, -0.2) is 0 Å². The monoisotopic (exact) mass is 364 g/mol. The Balaban J connectivity index is 1.71. The second-order valence-corrected chi connectivity index (χ2v) is 7.52. The van der Waals surface area contributed by atoms with E-state index in [1.807, 2.05) is 42.6 Å². The Morgan fingerprint density at radius 2 is 1.81 bits per heavy atom. The maximum Gasteiger partial charge on any atom is 0.235 e. The predicted octanol–water partition coefficient (Wildman–Crippen LogP) is 5.27. The molecule has 1 aromatic heterocycles. The lowest BCUT2D eigenvalue weighted by Gasteiger charge is -2.19. The van der Waals surface area contributed by atoms with Crippen LogP contribution >= 0.6 is 0 Å². The molecule has 0 bridgehead atoms. The van der Waals surface area contributed by atoms with Gasteiger partial charge in [0.2, 0.25) is 6.20 Å². The maximum atomic E-state index is 10.6. The molecule has 0 fully saturated rings. The molecule has 1 heterocycles. The second-order valence-electron chi connectivity index (χ2n) is 7.52. The number of benzene rings is 2. The number of rotatable bonds is 6. The summed E-state index contributed by atoms with van der Waals surface area (Å²) in [5.41, 5.74) is 3.26. The molecule has 0 amide bonds. The Labute approximate surface area is 159 Å². The van der Waals surface area contributed by atoms with Crippen molar-refractivity contribution in [1.82, 2.24) is 4.57 Å². The van der Waals surface area contributed by atoms with Crippen LogP contribution in [0.1, 0.15) is 31.9 Å². The highest BCUT2D eigenvalue weighted by molar-refractivity contribution is 5.89. The minimum Gasteiger partial charge on any atom is -0.492 e. The minimum absolute atomic E-state index is 0.121. The van der Waals surface area contributed by atoms with E-state index in [1.165, 1.54) is 11.6 Å². The Hall–Kier alpha value is -3.08. The number of fused-ring (bicyclic) bond motifs is 1. The SMILES string of the molecule is CC(C)(C)c1ccc(OCCn2cc(/C=C/[N+](=O)[O-])c3ccccc32)cc1. The van der Waals surface area contributed by atoms with Crippen molar-refractivity contribution in [2.45, 2.75) is 32.7 Å². The largest absolute Gasteiger partial charge is 0.492 e. The smallest absolute Gasteiger partial charge is 0.235 e. The third-order valence-corrected chi connectivity index (χ3v) is 4.52. The van der Waals surface area contributed by atoms with Crippen LogP contribution in [0.5, 0.6) is 5.75 Å². The van der Waals surface area contributed by atoms with Crippen molar-refractivity contribution >= 4 is 17.0 Å². The van der Waals surface area contributed by atoms with Crippen molar-refractivity contribution < 1.29 is 9.66 Å². The highest BCUT2D eigenvalue weighted by Gasteiger charge is 2.13. The van der Waals surface area contributed by atoms with E-state index in [1.54, 1.807) is 0 Å². The second kappa shape index (κ2) is 7.66. The maximum absolute atomic E-state index is 10.6. The summed E-state index contributed by atoms with van der Waals surface area (Å²) in [5, 5.41) is 11.6. The number of nitrogens with zero attached hydrogens (tertiary/aromatic N) is 2. The lowest BCUT2D eigenvalue weighted by molar-refractivity contribution is -0.400. The molecule has 0 aliphatic rings. The highest BCUT2D eigenvalue weighted by Crippen LogP contribution is 2.25. The number of ether oxygens (including phenoxy) is 1. The zero-order valence-corrected chi connectivity index (χ0v) is 15.9. The number of aromatic nitrogens is 1. The predicted molar refractivity (Wildman–Crippen MR) is 109 cm³/mol. The van der Waals surface area contributed by atoms with Gasteiger partial charge >= 0.3 is 0 Å². The van der Waals surface area contributed by atoms with Crippen LogP contribution in [0.2, 0.25) is 0 Å². The molecule has 0 spiro atoms. The van der Waals surface area contributed by atoms with Crippen LogP contribution in [0, 0.1) is 10.1 Å². The third kappa shape index (κ3) is 4.56. The van der Waals surface area contributed by atoms with Crippen LogP contribution in [0.3, 0.4) is 0 Å². The summed E-state index contributed by atoms with van der Waals surface area (Å²) in [6.07, 6.45) is 4.43. The first-order valence-corrected chi connectivity index (χ1v) is 8.97. The Morgan fingerprint density at radius 3 is 2.48 bits per heavy atom. The van der Waals surface area contributed by atoms with Gasteiger partial charge in [-0.2, -0.15) is 0 Å². The van der Waals surface area contributed by atoms with E-state index < -0.39 is 4.92 Å². The lowest BCUT2D eigenvalue weighted by Crippen LogP contribution is -2.11. The fourth-order valence-electron chi connectivity index (χ4n) is 3.05. The van der Waals surface area contributed by atoms with Gasteiger partial charge in [0, 0.05) is 28.7 Å². The number of para-hydroxylation sites is 1. The molecule has 0 saturated heterocycles. The van der Waals surface area contributed by atoms with E-state index in [0.717, 1.165) is 28.4 Å². The molecular formula is C22H24N2O3. The van der Waals surface area contributed by atoms with Crippen LogP contribution in [0.25, 0.3) is 17.0 Å². The van der Waals surface area contributed by atoms with Crippen molar-refractivity contribution in [3.05, 3.63) is 82.2 Å². The van der Waals surface area contributed by atoms with Gasteiger partial charge in [0.05, 0.1) is 11.5 Å². The molecule has 27 heavy (non-hydrogen) atoms. The quantitative estimate of drug-likeness (QED) is 0.442. The van der Waals surface area contributed by atoms with E-state index >= 15 is 0 Å². The molecule has 0 saturated carbocycles. The van der Waals surface area contributed by atoms with E-state index in [9.17, 15) is 10.1 Å². The van der Waals surface area contributed by atoms with Crippen molar-refractivity contribution in [3.8, 4) is 5.75 Å². The van der Waals surface area contributed by atoms with Crippen molar-refractivity contribution in [2.75, 3.05) is 6.61 Å². The van der Waals surface area contributed by atoms with Gasteiger partial charge in [-0.1, -0.05) is 51.1 Å². The number of hydrogen-bond acceptors (Lipinski definition) is 3. The van der Waals surface area contributed by atoms with Crippen molar-refractivity contribution in [2.24, 2.45) is 0 Å². The fraction of sp³-hybridized carbons (Fsp3) is 0.273. The highest BCUT2D eigenvalue weighted by atomic mass is 16.6. The van der Waals surface area contributed by atoms with Crippen LogP contribution < -0.4 is 4.74 Å². The van der Waals surface area contributed by atoms with Gasteiger partial charge in [-0.05, 0) is 29.2 Å². The molecule has 0 radical (unpaired) electrons. The first-order chi connectivity index (χ1) is 12.8. The molecule has 0 unspecified atom stereocenters. The molecule has 2 aromatic carbocycles. The average molecular weight is 364 g/mol. The summed E-state index contributed by atoms with van der Waals surface area (Å²) in [5.74, 6) is 0.841. The molecule has 0 N–H and O–H groups in total. The summed E-state index contributed by atoms with van der Waals surface area (Å²) in [7, 11) is 0. The summed E-state index contributed by atoms with van der Waals surface area (Å²) in [6, 6.07) is 16.1. The first kappa shape index (κ1) is 18.7. The van der Waals surface area contributed by atoms with Crippen molar-refractivity contribution in [1.29, 1.82) is 0 Å². The summed E-state index contributed by atoms with van der Waals surface area (Å²) >= 11 is 0. The van der Waals surface area contributed by atoms with Gasteiger partial charge in [0.25, 0.3) is 0 Å². The minimum atomic E-state index is -0.448. The van der Waals surface area contributed by atoms with Gasteiger partial charge in [0.1, 0.15) is 12.4 Å². The first-order valence-electron chi connectivity index (χ1n) is 8.97. The topological polar surface area (TPSA) is 57.3 Å². The molecule has 3 aromatic rings. The van der Waals surface area contributed by atoms with Gasteiger partial charge < -0.3 is 9.30 Å². The van der Waals surface area contributed by atoms with Crippen LogP contribution in [0.4, 0.5) is 0 Å². The molecule has 140 valence electrons. The van der Waals surface area contributed by atoms with Crippen molar-refractivity contribution in [3.63, 3.8) is 0 Å². The average Bonchev–Trinajstić information content (AvgIpc) is 2.98. The number of hydrogen-bond donors (Lipinski definition) is 0. The van der Waals surface area contributed by atoms with Crippen LogP contribution in [-0.4, -0.2) is 16.1 Å². The molecule has 5 nitrogen and oxygen atoms in total. The fourth-order valence-corrected chi connectivity index (χ4v) is 3.05. The molecule has 0 aliphatic carbocycles. The molecule has 0 atom stereocenters. The van der Waals surface area contributed by atoms with E-state index in [0.29, 0.717) is 13.2 Å². The van der Waals surface area contributed by atoms with Crippen LogP contribution in [0.15, 0.2) is 60.9 Å². The van der Waals surface area contributed by atoms with E-state index in [2.05, 4.69) is 37.5 Å². The summed E-state index contributed by atoms with van der Waals surface area (Å²) in [6.45, 7) is 7.74. The molecule has 3 rings (SSSR count). The zero-order chi connectivity index (χ0) is 19.4. The molecule has 0 aliphatic heterocycles.